The Labute approximate surface area is 101 Å². The second-order valence-corrected chi connectivity index (χ2v) is 4.27. The maximum atomic E-state index is 11.7. The van der Waals surface area contributed by atoms with Crippen LogP contribution in [-0.2, 0) is 11.3 Å². The molecule has 90 valence electrons. The number of nitrogens with one attached hydrogen (secondary N) is 1. The first-order valence-electron chi connectivity index (χ1n) is 5.32. The molecule has 0 unspecified atom stereocenters. The zero-order chi connectivity index (χ0) is 12.9. The fourth-order valence-corrected chi connectivity index (χ4v) is 1.24. The van der Waals surface area contributed by atoms with Crippen LogP contribution in [0.1, 0.15) is 19.4 Å². The van der Waals surface area contributed by atoms with E-state index in [9.17, 15) is 4.79 Å². The van der Waals surface area contributed by atoms with E-state index in [0.717, 1.165) is 11.3 Å². The van der Waals surface area contributed by atoms with Crippen molar-refractivity contribution in [3.05, 3.63) is 29.8 Å². The number of carbonyl (C=O) groups is 1. The molecule has 1 rings (SSSR count). The third kappa shape index (κ3) is 3.49. The Morgan fingerprint density at radius 3 is 2.82 bits per heavy atom. The maximum absolute atomic E-state index is 11.7. The average Bonchev–Trinajstić information content (AvgIpc) is 2.36. The van der Waals surface area contributed by atoms with Crippen molar-refractivity contribution in [1.29, 1.82) is 5.26 Å². The van der Waals surface area contributed by atoms with Crippen LogP contribution in [0.2, 0.25) is 0 Å². The van der Waals surface area contributed by atoms with Gasteiger partial charge < -0.3 is 10.1 Å². The van der Waals surface area contributed by atoms with Crippen LogP contribution in [0.5, 0.6) is 5.75 Å². The number of ether oxygens (including phenoxy) is 1. The summed E-state index contributed by atoms with van der Waals surface area (Å²) in [6, 6.07) is 9.40. The van der Waals surface area contributed by atoms with Gasteiger partial charge in [-0.15, -0.1) is 0 Å². The standard InChI is InChI=1S/C13H16N2O2/c1-13(2,9-14)12(16)15-8-10-5-4-6-11(7-10)17-3/h4-7H,8H2,1-3H3,(H,15,16). The highest BCUT2D eigenvalue weighted by atomic mass is 16.5. The van der Waals surface area contributed by atoms with Crippen molar-refractivity contribution in [3.63, 3.8) is 0 Å². The van der Waals surface area contributed by atoms with Gasteiger partial charge in [0.25, 0.3) is 0 Å². The monoisotopic (exact) mass is 232 g/mol. The van der Waals surface area contributed by atoms with Crippen LogP contribution in [-0.4, -0.2) is 13.0 Å². The van der Waals surface area contributed by atoms with E-state index < -0.39 is 5.41 Å². The predicted molar refractivity (Wildman–Crippen MR) is 64.2 cm³/mol. The molecule has 4 heteroatoms. The normalized spacial score (nSPS) is 10.5. The van der Waals surface area contributed by atoms with Crippen molar-refractivity contribution in [2.45, 2.75) is 20.4 Å². The maximum Gasteiger partial charge on any atom is 0.240 e. The van der Waals surface area contributed by atoms with Gasteiger partial charge in [-0.25, -0.2) is 0 Å². The summed E-state index contributed by atoms with van der Waals surface area (Å²) in [4.78, 5) is 11.7. The largest absolute Gasteiger partial charge is 0.497 e. The van der Waals surface area contributed by atoms with Crippen LogP contribution < -0.4 is 10.1 Å². The molecule has 0 fully saturated rings. The van der Waals surface area contributed by atoms with E-state index in [1.165, 1.54) is 0 Å². The summed E-state index contributed by atoms with van der Waals surface area (Å²) in [5.74, 6) is 0.471. The first-order valence-corrected chi connectivity index (χ1v) is 5.32. The molecule has 1 N–H and O–H groups in total. The second-order valence-electron chi connectivity index (χ2n) is 4.27. The molecule has 0 atom stereocenters. The number of benzene rings is 1. The Bertz CT molecular complexity index is 447. The summed E-state index contributed by atoms with van der Waals surface area (Å²) in [6.45, 7) is 3.57. The molecule has 0 aliphatic rings. The first kappa shape index (κ1) is 13.0. The van der Waals surface area contributed by atoms with Crippen molar-refractivity contribution in [3.8, 4) is 11.8 Å². The minimum Gasteiger partial charge on any atom is -0.497 e. The predicted octanol–water partition coefficient (Wildman–Crippen LogP) is 1.86. The molecule has 0 radical (unpaired) electrons. The van der Waals surface area contributed by atoms with Gasteiger partial charge in [0.2, 0.25) is 5.91 Å². The highest BCUT2D eigenvalue weighted by molar-refractivity contribution is 5.84. The van der Waals surface area contributed by atoms with E-state index in [1.807, 2.05) is 30.3 Å². The van der Waals surface area contributed by atoms with Crippen LogP contribution >= 0.6 is 0 Å². The quantitative estimate of drug-likeness (QED) is 0.861. The summed E-state index contributed by atoms with van der Waals surface area (Å²) in [6.07, 6.45) is 0. The molecule has 0 heterocycles. The molecule has 0 aliphatic carbocycles. The SMILES string of the molecule is COc1cccc(CNC(=O)C(C)(C)C#N)c1. The molecule has 1 aromatic carbocycles. The second kappa shape index (κ2) is 5.35. The number of methoxy groups -OCH3 is 1. The van der Waals surface area contributed by atoms with Crippen LogP contribution in [0.3, 0.4) is 0 Å². The lowest BCUT2D eigenvalue weighted by molar-refractivity contribution is -0.126. The molecule has 1 amide bonds. The topological polar surface area (TPSA) is 62.1 Å². The molecule has 17 heavy (non-hydrogen) atoms. The van der Waals surface area contributed by atoms with Gasteiger partial charge in [-0.1, -0.05) is 12.1 Å². The third-order valence-electron chi connectivity index (χ3n) is 2.43. The van der Waals surface area contributed by atoms with Crippen molar-refractivity contribution in [1.82, 2.24) is 5.32 Å². The molecule has 4 nitrogen and oxygen atoms in total. The van der Waals surface area contributed by atoms with E-state index in [4.69, 9.17) is 10.00 Å². The number of carbonyl (C=O) groups excluding carboxylic acids is 1. The lowest BCUT2D eigenvalue weighted by Crippen LogP contribution is -2.35. The number of rotatable bonds is 4. The summed E-state index contributed by atoms with van der Waals surface area (Å²) < 4.78 is 5.09. The lowest BCUT2D eigenvalue weighted by Gasteiger charge is -2.15. The Morgan fingerprint density at radius 2 is 2.24 bits per heavy atom. The molecular formula is C13H16N2O2. The molecule has 0 aliphatic heterocycles. The average molecular weight is 232 g/mol. The number of nitriles is 1. The van der Waals surface area contributed by atoms with Gasteiger partial charge in [-0.05, 0) is 31.5 Å². The van der Waals surface area contributed by atoms with Gasteiger partial charge in [0.1, 0.15) is 11.2 Å². The van der Waals surface area contributed by atoms with Crippen LogP contribution in [0.15, 0.2) is 24.3 Å². The van der Waals surface area contributed by atoms with Gasteiger partial charge in [0.05, 0.1) is 13.2 Å². The van der Waals surface area contributed by atoms with E-state index in [1.54, 1.807) is 21.0 Å². The van der Waals surface area contributed by atoms with Crippen molar-refractivity contribution in [2.75, 3.05) is 7.11 Å². The van der Waals surface area contributed by atoms with E-state index in [0.29, 0.717) is 6.54 Å². The van der Waals surface area contributed by atoms with E-state index in [2.05, 4.69) is 5.32 Å². The number of amides is 1. The molecule has 1 aromatic rings. The Hall–Kier alpha value is -2.02. The van der Waals surface area contributed by atoms with Gasteiger partial charge in [0, 0.05) is 6.54 Å². The summed E-state index contributed by atoms with van der Waals surface area (Å²) >= 11 is 0. The number of hydrogen-bond donors (Lipinski definition) is 1. The summed E-state index contributed by atoms with van der Waals surface area (Å²) in [5.41, 5.74) is -0.0646. The molecule has 0 bridgehead atoms. The highest BCUT2D eigenvalue weighted by Crippen LogP contribution is 2.15. The van der Waals surface area contributed by atoms with Gasteiger partial charge in [-0.2, -0.15) is 5.26 Å². The smallest absolute Gasteiger partial charge is 0.240 e. The zero-order valence-corrected chi connectivity index (χ0v) is 10.3. The third-order valence-corrected chi connectivity index (χ3v) is 2.43. The van der Waals surface area contributed by atoms with E-state index in [-0.39, 0.29) is 5.91 Å². The van der Waals surface area contributed by atoms with Crippen molar-refractivity contribution < 1.29 is 9.53 Å². The summed E-state index contributed by atoms with van der Waals surface area (Å²) in [5, 5.41) is 11.5. The van der Waals surface area contributed by atoms with E-state index >= 15 is 0 Å². The van der Waals surface area contributed by atoms with Crippen LogP contribution in [0, 0.1) is 16.7 Å². The molecule has 0 saturated heterocycles. The van der Waals surface area contributed by atoms with Crippen LogP contribution in [0.4, 0.5) is 0 Å². The molecule has 0 saturated carbocycles. The van der Waals surface area contributed by atoms with Crippen molar-refractivity contribution in [2.24, 2.45) is 5.41 Å². The molecule has 0 spiro atoms. The molecule has 0 aromatic heterocycles. The lowest BCUT2D eigenvalue weighted by atomic mass is 9.95. The fourth-order valence-electron chi connectivity index (χ4n) is 1.24. The van der Waals surface area contributed by atoms with Gasteiger partial charge >= 0.3 is 0 Å². The van der Waals surface area contributed by atoms with Crippen LogP contribution in [0.25, 0.3) is 0 Å². The van der Waals surface area contributed by atoms with Crippen molar-refractivity contribution >= 4 is 5.91 Å². The molecular weight excluding hydrogens is 216 g/mol. The summed E-state index contributed by atoms with van der Waals surface area (Å²) in [7, 11) is 1.59. The Balaban J connectivity index is 2.62. The number of nitrogens with zero attached hydrogens (tertiary/aromatic N) is 1. The highest BCUT2D eigenvalue weighted by Gasteiger charge is 2.26. The zero-order valence-electron chi connectivity index (χ0n) is 10.3. The fraction of sp³-hybridized carbons (Fsp3) is 0.385. The minimum atomic E-state index is -1.00. The Morgan fingerprint density at radius 1 is 1.53 bits per heavy atom. The van der Waals surface area contributed by atoms with Gasteiger partial charge in [-0.3, -0.25) is 4.79 Å². The Kier molecular flexibility index (Phi) is 4.11. The first-order chi connectivity index (χ1) is 7.99. The van der Waals surface area contributed by atoms with Gasteiger partial charge in [0.15, 0.2) is 0 Å². The minimum absolute atomic E-state index is 0.275. The number of hydrogen-bond acceptors (Lipinski definition) is 3.